The van der Waals surface area contributed by atoms with Crippen LogP contribution in [0.5, 0.6) is 5.75 Å². The molecule has 1 aromatic heterocycles. The molecule has 0 saturated carbocycles. The lowest BCUT2D eigenvalue weighted by molar-refractivity contribution is -0.673. The fraction of sp³-hybridized carbons (Fsp3) is 0.222. The van der Waals surface area contributed by atoms with Crippen molar-refractivity contribution >= 4 is 16.6 Å². The predicted octanol–water partition coefficient (Wildman–Crippen LogP) is 2.70. The number of fused-ring (bicyclic) bond motifs is 3. The zero-order valence-corrected chi connectivity index (χ0v) is 13.1. The highest BCUT2D eigenvalue weighted by Crippen LogP contribution is 2.27. The summed E-state index contributed by atoms with van der Waals surface area (Å²) in [5.74, 6) is 0.803. The number of ether oxygens (including phenoxy) is 1. The van der Waals surface area contributed by atoms with E-state index in [9.17, 15) is 5.21 Å². The summed E-state index contributed by atoms with van der Waals surface area (Å²) < 4.78 is 7.02. The Balaban J connectivity index is 1.96. The Hall–Kier alpha value is -2.82. The van der Waals surface area contributed by atoms with Crippen LogP contribution in [0.3, 0.4) is 0 Å². The second-order valence-electron chi connectivity index (χ2n) is 5.75. The van der Waals surface area contributed by atoms with Gasteiger partial charge in [0, 0.05) is 11.6 Å². The van der Waals surface area contributed by atoms with E-state index in [1.807, 2.05) is 55.5 Å². The van der Waals surface area contributed by atoms with Crippen LogP contribution < -0.4 is 9.58 Å². The minimum Gasteiger partial charge on any atom is -0.595 e. The van der Waals surface area contributed by atoms with E-state index in [4.69, 9.17) is 9.73 Å². The Kier molecular flexibility index (Phi) is 3.08. The van der Waals surface area contributed by atoms with E-state index in [-0.39, 0.29) is 6.04 Å². The summed E-state index contributed by atoms with van der Waals surface area (Å²) >= 11 is 0. The lowest BCUT2D eigenvalue weighted by Gasteiger charge is -2.20. The van der Waals surface area contributed by atoms with E-state index < -0.39 is 0 Å². The van der Waals surface area contributed by atoms with Gasteiger partial charge in [-0.1, -0.05) is 17.0 Å². The molecular weight excluding hydrogens is 290 g/mol. The molecule has 5 nitrogen and oxygen atoms in total. The average Bonchev–Trinajstić information content (AvgIpc) is 2.90. The number of aliphatic imine (C=N–C) groups is 1. The van der Waals surface area contributed by atoms with Crippen LogP contribution in [-0.4, -0.2) is 24.0 Å². The van der Waals surface area contributed by atoms with Crippen molar-refractivity contribution < 1.29 is 9.58 Å². The van der Waals surface area contributed by atoms with Crippen molar-refractivity contribution in [2.24, 2.45) is 4.99 Å². The molecule has 1 atom stereocenters. The first-order chi connectivity index (χ1) is 11.2. The summed E-state index contributed by atoms with van der Waals surface area (Å²) in [6, 6.07) is 15.5. The van der Waals surface area contributed by atoms with Gasteiger partial charge in [-0.3, -0.25) is 4.99 Å². The Morgan fingerprint density at radius 2 is 1.91 bits per heavy atom. The molecule has 0 fully saturated rings. The third kappa shape index (κ3) is 2.00. The zero-order chi connectivity index (χ0) is 16.0. The number of aromatic nitrogens is 2. The van der Waals surface area contributed by atoms with Crippen LogP contribution in [0.2, 0.25) is 0 Å². The highest BCUT2D eigenvalue weighted by Gasteiger charge is 2.31. The van der Waals surface area contributed by atoms with Crippen LogP contribution in [0.25, 0.3) is 10.9 Å². The zero-order valence-electron chi connectivity index (χ0n) is 13.1. The third-order valence-corrected chi connectivity index (χ3v) is 4.31. The molecule has 23 heavy (non-hydrogen) atoms. The van der Waals surface area contributed by atoms with Crippen LogP contribution in [0.1, 0.15) is 24.2 Å². The normalized spacial score (nSPS) is 17.0. The van der Waals surface area contributed by atoms with Crippen molar-refractivity contribution in [1.82, 2.24) is 4.68 Å². The van der Waals surface area contributed by atoms with Crippen molar-refractivity contribution in [3.05, 3.63) is 65.0 Å². The topological polar surface area (TPSA) is 53.5 Å². The first kappa shape index (κ1) is 13.8. The lowest BCUT2D eigenvalue weighted by Crippen LogP contribution is -2.43. The monoisotopic (exact) mass is 307 g/mol. The maximum Gasteiger partial charge on any atom is 0.252 e. The number of nitrogens with zero attached hydrogens (tertiary/aromatic N) is 3. The summed E-state index contributed by atoms with van der Waals surface area (Å²) in [6.45, 7) is 2.61. The number of benzene rings is 2. The molecule has 0 aliphatic carbocycles. The molecule has 0 radical (unpaired) electrons. The minimum absolute atomic E-state index is 0.0388. The van der Waals surface area contributed by atoms with E-state index in [0.717, 1.165) is 32.9 Å². The number of hydrogen-bond donors (Lipinski definition) is 0. The number of para-hydroxylation sites is 1. The van der Waals surface area contributed by atoms with Crippen LogP contribution in [-0.2, 0) is 0 Å². The smallest absolute Gasteiger partial charge is 0.252 e. The van der Waals surface area contributed by atoms with E-state index in [2.05, 4.69) is 0 Å². The molecule has 2 aromatic carbocycles. The van der Waals surface area contributed by atoms with Gasteiger partial charge in [0.05, 0.1) is 24.8 Å². The Morgan fingerprint density at radius 1 is 1.17 bits per heavy atom. The molecule has 1 unspecified atom stereocenters. The average molecular weight is 307 g/mol. The molecule has 0 saturated heterocycles. The fourth-order valence-corrected chi connectivity index (χ4v) is 3.16. The van der Waals surface area contributed by atoms with Gasteiger partial charge in [0.25, 0.3) is 5.52 Å². The molecule has 1 aliphatic heterocycles. The van der Waals surface area contributed by atoms with Crippen molar-refractivity contribution in [3.63, 3.8) is 0 Å². The van der Waals surface area contributed by atoms with E-state index in [0.29, 0.717) is 12.1 Å². The second-order valence-corrected chi connectivity index (χ2v) is 5.75. The Bertz CT molecular complexity index is 910. The van der Waals surface area contributed by atoms with Gasteiger partial charge in [0.15, 0.2) is 0 Å². The number of methoxy groups -OCH3 is 1. The number of rotatable bonds is 2. The molecule has 0 N–H and O–H groups in total. The van der Waals surface area contributed by atoms with Gasteiger partial charge in [-0.05, 0) is 37.3 Å². The largest absolute Gasteiger partial charge is 0.595 e. The maximum atomic E-state index is 12.7. The quantitative estimate of drug-likeness (QED) is 0.540. The first-order valence-electron chi connectivity index (χ1n) is 7.62. The van der Waals surface area contributed by atoms with Gasteiger partial charge in [-0.25, -0.2) is 0 Å². The SMILES string of the molecule is COc1ccc(C2=NCC(C)n3c2c2ccccc2[n+]3[O-])cc1. The van der Waals surface area contributed by atoms with E-state index in [1.165, 1.54) is 0 Å². The van der Waals surface area contributed by atoms with Crippen LogP contribution in [0.4, 0.5) is 0 Å². The molecule has 116 valence electrons. The van der Waals surface area contributed by atoms with E-state index in [1.54, 1.807) is 11.8 Å². The molecule has 0 bridgehead atoms. The fourth-order valence-electron chi connectivity index (χ4n) is 3.16. The van der Waals surface area contributed by atoms with Crippen molar-refractivity contribution in [2.45, 2.75) is 13.0 Å². The Morgan fingerprint density at radius 3 is 2.65 bits per heavy atom. The third-order valence-electron chi connectivity index (χ3n) is 4.31. The van der Waals surface area contributed by atoms with Gasteiger partial charge in [-0.2, -0.15) is 0 Å². The van der Waals surface area contributed by atoms with Crippen LogP contribution in [0.15, 0.2) is 53.5 Å². The molecule has 0 spiro atoms. The minimum atomic E-state index is 0.0388. The summed E-state index contributed by atoms with van der Waals surface area (Å²) in [6.07, 6.45) is 0. The predicted molar refractivity (Wildman–Crippen MR) is 89.1 cm³/mol. The van der Waals surface area contributed by atoms with Gasteiger partial charge >= 0.3 is 0 Å². The van der Waals surface area contributed by atoms with Crippen molar-refractivity contribution in [1.29, 1.82) is 0 Å². The highest BCUT2D eigenvalue weighted by molar-refractivity contribution is 6.18. The Labute approximate surface area is 134 Å². The van der Waals surface area contributed by atoms with Crippen LogP contribution in [0, 0.1) is 5.21 Å². The number of hydrogen-bond acceptors (Lipinski definition) is 3. The molecule has 2 heterocycles. The highest BCUT2D eigenvalue weighted by atomic mass is 16.5. The molecule has 5 heteroatoms. The molecule has 1 aliphatic rings. The molecule has 0 amide bonds. The van der Waals surface area contributed by atoms with Crippen molar-refractivity contribution in [3.8, 4) is 5.75 Å². The summed E-state index contributed by atoms with van der Waals surface area (Å²) in [7, 11) is 1.65. The van der Waals surface area contributed by atoms with Gasteiger partial charge in [0.1, 0.15) is 17.5 Å². The second kappa shape index (κ2) is 5.12. The lowest BCUT2D eigenvalue weighted by atomic mass is 10.0. The van der Waals surface area contributed by atoms with Crippen LogP contribution >= 0.6 is 0 Å². The summed E-state index contributed by atoms with van der Waals surface area (Å²) in [4.78, 5) is 5.74. The molecule has 4 rings (SSSR count). The van der Waals surface area contributed by atoms with Gasteiger partial charge < -0.3 is 9.94 Å². The maximum absolute atomic E-state index is 12.7. The first-order valence-corrected chi connectivity index (χ1v) is 7.62. The van der Waals surface area contributed by atoms with Crippen molar-refractivity contribution in [2.75, 3.05) is 13.7 Å². The molecular formula is C18H17N3O2. The summed E-state index contributed by atoms with van der Waals surface area (Å²) in [5.41, 5.74) is 3.41. The van der Waals surface area contributed by atoms with E-state index >= 15 is 0 Å². The van der Waals surface area contributed by atoms with Gasteiger partial charge in [0.2, 0.25) is 0 Å². The standard InChI is InChI=1S/C18H17N3O2/c1-12-11-19-17(13-7-9-14(23-2)10-8-13)18-15-5-3-4-6-16(15)21(22)20(12)18/h3-10,12H,11H2,1-2H3. The molecule has 3 aromatic rings. The van der Waals surface area contributed by atoms with Gasteiger partial charge in [-0.15, -0.1) is 4.68 Å². The summed E-state index contributed by atoms with van der Waals surface area (Å²) in [5, 5.41) is 13.6.